The zero-order valence-corrected chi connectivity index (χ0v) is 13.5. The topological polar surface area (TPSA) is 48.3 Å². The molecule has 1 aromatic heterocycles. The largest absolute Gasteiger partial charge is 0.443 e. The van der Waals surface area contributed by atoms with Crippen molar-refractivity contribution < 1.29 is 14.3 Å². The van der Waals surface area contributed by atoms with E-state index in [2.05, 4.69) is 0 Å². The van der Waals surface area contributed by atoms with Gasteiger partial charge in [-0.15, -0.1) is 0 Å². The fraction of sp³-hybridized carbons (Fsp3) is 0.647. The highest BCUT2D eigenvalue weighted by atomic mass is 16.6. The average Bonchev–Trinajstić information content (AvgIpc) is 2.70. The van der Waals surface area contributed by atoms with Crippen LogP contribution >= 0.6 is 0 Å². The van der Waals surface area contributed by atoms with E-state index < -0.39 is 5.60 Å². The van der Waals surface area contributed by atoms with Crippen molar-refractivity contribution >= 4 is 11.9 Å². The molecule has 116 valence electrons. The highest BCUT2D eigenvalue weighted by Crippen LogP contribution is 2.24. The molecule has 0 saturated heterocycles. The Hall–Kier alpha value is -1.58. The van der Waals surface area contributed by atoms with Gasteiger partial charge < -0.3 is 4.74 Å². The number of fused-ring (bicyclic) bond motifs is 1. The van der Waals surface area contributed by atoms with Crippen molar-refractivity contribution in [1.82, 2.24) is 4.57 Å². The third-order valence-electron chi connectivity index (χ3n) is 3.73. The number of carbonyl (C=O) groups excluding carboxylic acids is 2. The number of hydrogen-bond acceptors (Lipinski definition) is 3. The van der Waals surface area contributed by atoms with Crippen LogP contribution in [0.25, 0.3) is 0 Å². The van der Waals surface area contributed by atoms with E-state index >= 15 is 0 Å². The lowest BCUT2D eigenvalue weighted by Gasteiger charge is -2.21. The van der Waals surface area contributed by atoms with Crippen molar-refractivity contribution in [2.24, 2.45) is 0 Å². The summed E-state index contributed by atoms with van der Waals surface area (Å²) in [5.74, 6) is 0.150. The van der Waals surface area contributed by atoms with Crippen LogP contribution in [-0.2, 0) is 11.2 Å². The van der Waals surface area contributed by atoms with Gasteiger partial charge in [0.2, 0.25) is 0 Å². The molecule has 0 aromatic carbocycles. The number of rotatable bonds is 0. The van der Waals surface area contributed by atoms with Gasteiger partial charge in [-0.05, 0) is 53.0 Å². The maximum absolute atomic E-state index is 12.4. The molecule has 0 aliphatic heterocycles. The molecule has 0 spiro atoms. The quantitative estimate of drug-likeness (QED) is 0.717. The normalized spacial score (nSPS) is 16.7. The number of aryl methyl sites for hydroxylation is 1. The Balaban J connectivity index is 2.40. The lowest BCUT2D eigenvalue weighted by atomic mass is 10.1. The van der Waals surface area contributed by atoms with Crippen LogP contribution in [0.3, 0.4) is 0 Å². The summed E-state index contributed by atoms with van der Waals surface area (Å²) < 4.78 is 7.07. The van der Waals surface area contributed by atoms with E-state index in [-0.39, 0.29) is 11.9 Å². The fourth-order valence-electron chi connectivity index (χ4n) is 2.81. The Morgan fingerprint density at radius 1 is 1.14 bits per heavy atom. The number of nitrogens with zero attached hydrogens (tertiary/aromatic N) is 1. The molecule has 1 aliphatic rings. The molecule has 0 saturated carbocycles. The molecule has 0 bridgehead atoms. The van der Waals surface area contributed by atoms with Crippen molar-refractivity contribution in [3.05, 3.63) is 23.0 Å². The molecular weight excluding hydrogens is 266 g/mol. The Morgan fingerprint density at radius 3 is 2.38 bits per heavy atom. The van der Waals surface area contributed by atoms with Crippen molar-refractivity contribution in [2.75, 3.05) is 0 Å². The van der Waals surface area contributed by atoms with Crippen LogP contribution < -0.4 is 0 Å². The summed E-state index contributed by atoms with van der Waals surface area (Å²) in [6.07, 6.45) is 5.08. The second-order valence-corrected chi connectivity index (χ2v) is 6.80. The minimum absolute atomic E-state index is 0.150. The van der Waals surface area contributed by atoms with Crippen molar-refractivity contribution in [2.45, 2.75) is 71.8 Å². The third-order valence-corrected chi connectivity index (χ3v) is 3.73. The van der Waals surface area contributed by atoms with Gasteiger partial charge in [0.15, 0.2) is 5.78 Å². The molecule has 1 aliphatic carbocycles. The molecule has 1 aromatic rings. The van der Waals surface area contributed by atoms with E-state index in [1.54, 1.807) is 4.57 Å². The summed E-state index contributed by atoms with van der Waals surface area (Å²) in [4.78, 5) is 24.8. The van der Waals surface area contributed by atoms with Crippen LogP contribution in [0.2, 0.25) is 0 Å². The molecule has 0 atom stereocenters. The van der Waals surface area contributed by atoms with E-state index in [4.69, 9.17) is 4.74 Å². The highest BCUT2D eigenvalue weighted by molar-refractivity contribution is 5.98. The van der Waals surface area contributed by atoms with Gasteiger partial charge >= 0.3 is 6.09 Å². The van der Waals surface area contributed by atoms with E-state index in [0.29, 0.717) is 12.0 Å². The monoisotopic (exact) mass is 291 g/mol. The highest BCUT2D eigenvalue weighted by Gasteiger charge is 2.26. The Labute approximate surface area is 126 Å². The summed E-state index contributed by atoms with van der Waals surface area (Å²) in [5, 5.41) is 0. The Morgan fingerprint density at radius 2 is 1.76 bits per heavy atom. The van der Waals surface area contributed by atoms with Gasteiger partial charge in [-0.1, -0.05) is 12.8 Å². The minimum Gasteiger partial charge on any atom is -0.443 e. The van der Waals surface area contributed by atoms with E-state index in [0.717, 1.165) is 43.5 Å². The number of aromatic nitrogens is 1. The molecule has 2 rings (SSSR count). The summed E-state index contributed by atoms with van der Waals surface area (Å²) in [6.45, 7) is 7.41. The maximum atomic E-state index is 12.4. The molecule has 0 N–H and O–H groups in total. The minimum atomic E-state index is -0.538. The molecule has 0 radical (unpaired) electrons. The predicted molar refractivity (Wildman–Crippen MR) is 81.9 cm³/mol. The average molecular weight is 291 g/mol. The van der Waals surface area contributed by atoms with Crippen LogP contribution in [0.1, 0.15) is 74.6 Å². The zero-order chi connectivity index (χ0) is 15.6. The van der Waals surface area contributed by atoms with Crippen LogP contribution in [0.5, 0.6) is 0 Å². The maximum Gasteiger partial charge on any atom is 0.418 e. The van der Waals surface area contributed by atoms with Gasteiger partial charge in [-0.3, -0.25) is 9.36 Å². The first-order valence-electron chi connectivity index (χ1n) is 7.77. The number of ether oxygens (including phenoxy) is 1. The van der Waals surface area contributed by atoms with Crippen LogP contribution in [-0.4, -0.2) is 22.0 Å². The molecule has 1 heterocycles. The number of hydrogen-bond donors (Lipinski definition) is 0. The van der Waals surface area contributed by atoms with Gasteiger partial charge in [0.05, 0.1) is 0 Å². The second kappa shape index (κ2) is 6.04. The van der Waals surface area contributed by atoms with Crippen LogP contribution in [0.4, 0.5) is 4.79 Å². The number of Topliss-reactive ketones (excluding diaryl/α,β-unsaturated/α-hetero) is 1. The molecule has 4 nitrogen and oxygen atoms in total. The molecule has 21 heavy (non-hydrogen) atoms. The SMILES string of the molecule is Cc1cc2c(n1C(=O)OC(C)(C)C)CCCCCCC2=O. The summed E-state index contributed by atoms with van der Waals surface area (Å²) in [5.41, 5.74) is 1.78. The van der Waals surface area contributed by atoms with Crippen molar-refractivity contribution in [1.29, 1.82) is 0 Å². The van der Waals surface area contributed by atoms with Crippen molar-refractivity contribution in [3.63, 3.8) is 0 Å². The van der Waals surface area contributed by atoms with Crippen molar-refractivity contribution in [3.8, 4) is 0 Å². The first-order valence-corrected chi connectivity index (χ1v) is 7.77. The molecular formula is C17H25NO3. The van der Waals surface area contributed by atoms with Gasteiger partial charge in [-0.25, -0.2) is 4.79 Å². The molecule has 0 unspecified atom stereocenters. The number of ketones is 1. The molecule has 0 amide bonds. The van der Waals surface area contributed by atoms with Gasteiger partial charge in [0.1, 0.15) is 5.60 Å². The Kier molecular flexibility index (Phi) is 4.55. The molecule has 4 heteroatoms. The lowest BCUT2D eigenvalue weighted by Crippen LogP contribution is -2.28. The van der Waals surface area contributed by atoms with Gasteiger partial charge in [-0.2, -0.15) is 0 Å². The summed E-state index contributed by atoms with van der Waals surface area (Å²) in [7, 11) is 0. The van der Waals surface area contributed by atoms with Gasteiger partial charge in [0, 0.05) is 23.4 Å². The lowest BCUT2D eigenvalue weighted by molar-refractivity contribution is 0.0530. The third kappa shape index (κ3) is 3.74. The van der Waals surface area contributed by atoms with E-state index in [1.165, 1.54) is 0 Å². The van der Waals surface area contributed by atoms with E-state index in [9.17, 15) is 9.59 Å². The second-order valence-electron chi connectivity index (χ2n) is 6.80. The number of carbonyl (C=O) groups is 2. The standard InChI is InChI=1S/C17H25NO3/c1-12-11-13-14(9-7-5-6-8-10-15(13)19)18(12)16(20)21-17(2,3)4/h11H,5-10H2,1-4H3. The molecule has 0 fully saturated rings. The summed E-state index contributed by atoms with van der Waals surface area (Å²) >= 11 is 0. The smallest absolute Gasteiger partial charge is 0.418 e. The fourth-order valence-corrected chi connectivity index (χ4v) is 2.81. The van der Waals surface area contributed by atoms with Crippen LogP contribution in [0, 0.1) is 6.92 Å². The first kappa shape index (κ1) is 15.8. The predicted octanol–water partition coefficient (Wildman–Crippen LogP) is 4.27. The Bertz CT molecular complexity index is 549. The van der Waals surface area contributed by atoms with E-state index in [1.807, 2.05) is 33.8 Å². The zero-order valence-electron chi connectivity index (χ0n) is 13.5. The summed E-state index contributed by atoms with van der Waals surface area (Å²) in [6, 6.07) is 1.84. The first-order chi connectivity index (χ1) is 9.79. The van der Waals surface area contributed by atoms with Gasteiger partial charge in [0.25, 0.3) is 0 Å². The van der Waals surface area contributed by atoms with Crippen LogP contribution in [0.15, 0.2) is 6.07 Å².